The van der Waals surface area contributed by atoms with Crippen molar-refractivity contribution in [1.82, 2.24) is 9.78 Å². The van der Waals surface area contributed by atoms with Gasteiger partial charge in [0.1, 0.15) is 0 Å². The molecule has 0 spiro atoms. The van der Waals surface area contributed by atoms with Crippen molar-refractivity contribution in [1.29, 1.82) is 0 Å². The molecule has 0 N–H and O–H groups in total. The molecule has 1 aromatic rings. The molecule has 0 bridgehead atoms. The Morgan fingerprint density at radius 2 is 2.08 bits per heavy atom. The molecule has 0 aromatic carbocycles. The second-order valence-electron chi connectivity index (χ2n) is 3.36. The van der Waals surface area contributed by atoms with Gasteiger partial charge in [-0.2, -0.15) is 5.10 Å². The molecule has 0 aliphatic heterocycles. The van der Waals surface area contributed by atoms with Gasteiger partial charge in [0.15, 0.2) is 0 Å². The summed E-state index contributed by atoms with van der Waals surface area (Å²) in [6.45, 7) is 7.58. The zero-order valence-corrected chi connectivity index (χ0v) is 8.25. The zero-order chi connectivity index (χ0) is 8.97. The molecule has 1 rings (SSSR count). The van der Waals surface area contributed by atoms with Gasteiger partial charge in [-0.3, -0.25) is 4.68 Å². The van der Waals surface area contributed by atoms with Crippen LogP contribution in [0.3, 0.4) is 0 Å². The van der Waals surface area contributed by atoms with E-state index in [1.165, 1.54) is 12.8 Å². The lowest BCUT2D eigenvalue weighted by Gasteiger charge is -2.11. The maximum absolute atomic E-state index is 4.36. The summed E-state index contributed by atoms with van der Waals surface area (Å²) < 4.78 is 2.05. The lowest BCUT2D eigenvalue weighted by Crippen LogP contribution is -2.09. The van der Waals surface area contributed by atoms with Gasteiger partial charge in [0, 0.05) is 12.7 Å². The summed E-state index contributed by atoms with van der Waals surface area (Å²) in [6.07, 6.45) is 4.55. The Labute approximate surface area is 74.6 Å². The summed E-state index contributed by atoms with van der Waals surface area (Å²) >= 11 is 0. The average Bonchev–Trinajstić information content (AvgIpc) is 2.47. The van der Waals surface area contributed by atoms with Crippen LogP contribution in [0.2, 0.25) is 0 Å². The Morgan fingerprint density at radius 3 is 2.50 bits per heavy atom. The van der Waals surface area contributed by atoms with E-state index in [4.69, 9.17) is 0 Å². The number of hydrogen-bond donors (Lipinski definition) is 0. The van der Waals surface area contributed by atoms with Crippen LogP contribution < -0.4 is 0 Å². The first kappa shape index (κ1) is 9.30. The van der Waals surface area contributed by atoms with Crippen LogP contribution in [0.1, 0.15) is 32.4 Å². The molecule has 0 aliphatic rings. The van der Waals surface area contributed by atoms with Crippen molar-refractivity contribution in [3.05, 3.63) is 18.0 Å². The van der Waals surface area contributed by atoms with Gasteiger partial charge in [0.25, 0.3) is 0 Å². The van der Waals surface area contributed by atoms with E-state index in [1.54, 1.807) is 0 Å². The fourth-order valence-electron chi connectivity index (χ4n) is 1.38. The summed E-state index contributed by atoms with van der Waals surface area (Å²) in [6, 6.07) is 2.06. The molecule has 2 heteroatoms. The molecule has 1 aromatic heterocycles. The highest BCUT2D eigenvalue weighted by Crippen LogP contribution is 2.10. The number of nitrogens with zero attached hydrogens (tertiary/aromatic N) is 2. The van der Waals surface area contributed by atoms with Crippen LogP contribution >= 0.6 is 0 Å². The molecule has 0 amide bonds. The number of rotatable bonds is 4. The molecule has 0 aliphatic carbocycles. The Bertz CT molecular complexity index is 223. The van der Waals surface area contributed by atoms with Crippen molar-refractivity contribution >= 4 is 0 Å². The minimum Gasteiger partial charge on any atom is -0.272 e. The largest absolute Gasteiger partial charge is 0.272 e. The summed E-state index contributed by atoms with van der Waals surface area (Å²) in [4.78, 5) is 0. The summed E-state index contributed by atoms with van der Waals surface area (Å²) in [5, 5.41) is 4.36. The van der Waals surface area contributed by atoms with E-state index >= 15 is 0 Å². The van der Waals surface area contributed by atoms with Crippen molar-refractivity contribution in [2.75, 3.05) is 0 Å². The van der Waals surface area contributed by atoms with Gasteiger partial charge in [0.2, 0.25) is 0 Å². The molecule has 0 saturated heterocycles. The smallest absolute Gasteiger partial charge is 0.0593 e. The van der Waals surface area contributed by atoms with Gasteiger partial charge in [0.05, 0.1) is 5.69 Å². The SMILES string of the molecule is CCC(CC)Cn1ccc(C)n1. The molecule has 0 radical (unpaired) electrons. The van der Waals surface area contributed by atoms with Gasteiger partial charge < -0.3 is 0 Å². The molecule has 68 valence electrons. The fourth-order valence-corrected chi connectivity index (χ4v) is 1.38. The maximum atomic E-state index is 4.36. The third kappa shape index (κ3) is 2.36. The topological polar surface area (TPSA) is 17.8 Å². The molecule has 1 heterocycles. The lowest BCUT2D eigenvalue weighted by atomic mass is 10.0. The molecule has 0 atom stereocenters. The normalized spacial score (nSPS) is 11.0. The fraction of sp³-hybridized carbons (Fsp3) is 0.700. The van der Waals surface area contributed by atoms with Crippen molar-refractivity contribution < 1.29 is 0 Å². The van der Waals surface area contributed by atoms with Crippen LogP contribution in [0.5, 0.6) is 0 Å². The molecular weight excluding hydrogens is 148 g/mol. The minimum atomic E-state index is 0.782. The minimum absolute atomic E-state index is 0.782. The second kappa shape index (κ2) is 4.29. The highest BCUT2D eigenvalue weighted by Gasteiger charge is 2.04. The Kier molecular flexibility index (Phi) is 3.32. The highest BCUT2D eigenvalue weighted by molar-refractivity contribution is 4.94. The zero-order valence-electron chi connectivity index (χ0n) is 8.25. The van der Waals surface area contributed by atoms with Crippen molar-refractivity contribution in [2.45, 2.75) is 40.2 Å². The monoisotopic (exact) mass is 166 g/mol. The molecule has 0 unspecified atom stereocenters. The summed E-state index contributed by atoms with van der Waals surface area (Å²) in [5.74, 6) is 0.782. The molecular formula is C10H18N2. The van der Waals surface area contributed by atoms with Gasteiger partial charge in [-0.05, 0) is 18.9 Å². The number of aryl methyl sites for hydroxylation is 1. The van der Waals surface area contributed by atoms with Crippen LogP contribution in [-0.2, 0) is 6.54 Å². The predicted octanol–water partition coefficient (Wildman–Crippen LogP) is 2.63. The Morgan fingerprint density at radius 1 is 1.42 bits per heavy atom. The Hall–Kier alpha value is -0.790. The van der Waals surface area contributed by atoms with E-state index < -0.39 is 0 Å². The quantitative estimate of drug-likeness (QED) is 0.672. The van der Waals surface area contributed by atoms with E-state index in [0.29, 0.717) is 0 Å². The van der Waals surface area contributed by atoms with E-state index in [1.807, 2.05) is 11.6 Å². The standard InChI is InChI=1S/C10H18N2/c1-4-10(5-2)8-12-7-6-9(3)11-12/h6-7,10H,4-5,8H2,1-3H3. The van der Waals surface area contributed by atoms with Gasteiger partial charge in [-0.1, -0.05) is 26.7 Å². The molecule has 0 fully saturated rings. The first-order chi connectivity index (χ1) is 5.76. The third-order valence-corrected chi connectivity index (χ3v) is 2.37. The van der Waals surface area contributed by atoms with Gasteiger partial charge >= 0.3 is 0 Å². The van der Waals surface area contributed by atoms with E-state index in [-0.39, 0.29) is 0 Å². The van der Waals surface area contributed by atoms with Crippen molar-refractivity contribution in [2.24, 2.45) is 5.92 Å². The first-order valence-electron chi connectivity index (χ1n) is 4.76. The maximum Gasteiger partial charge on any atom is 0.0593 e. The second-order valence-corrected chi connectivity index (χ2v) is 3.36. The van der Waals surface area contributed by atoms with Gasteiger partial charge in [-0.25, -0.2) is 0 Å². The van der Waals surface area contributed by atoms with Crippen LogP contribution in [-0.4, -0.2) is 9.78 Å². The number of aromatic nitrogens is 2. The summed E-state index contributed by atoms with van der Waals surface area (Å²) in [5.41, 5.74) is 1.11. The van der Waals surface area contributed by atoms with Crippen LogP contribution in [0.4, 0.5) is 0 Å². The van der Waals surface area contributed by atoms with E-state index in [2.05, 4.69) is 31.2 Å². The number of hydrogen-bond acceptors (Lipinski definition) is 1. The Balaban J connectivity index is 2.50. The van der Waals surface area contributed by atoms with Crippen LogP contribution in [0, 0.1) is 12.8 Å². The van der Waals surface area contributed by atoms with Crippen LogP contribution in [0.25, 0.3) is 0 Å². The summed E-state index contributed by atoms with van der Waals surface area (Å²) in [7, 11) is 0. The molecule has 0 saturated carbocycles. The van der Waals surface area contributed by atoms with Crippen molar-refractivity contribution in [3.8, 4) is 0 Å². The molecule has 12 heavy (non-hydrogen) atoms. The van der Waals surface area contributed by atoms with Crippen LogP contribution in [0.15, 0.2) is 12.3 Å². The predicted molar refractivity (Wildman–Crippen MR) is 51.0 cm³/mol. The van der Waals surface area contributed by atoms with Crippen molar-refractivity contribution in [3.63, 3.8) is 0 Å². The average molecular weight is 166 g/mol. The highest BCUT2D eigenvalue weighted by atomic mass is 15.3. The lowest BCUT2D eigenvalue weighted by molar-refractivity contribution is 0.395. The van der Waals surface area contributed by atoms with E-state index in [0.717, 1.165) is 18.2 Å². The molecule has 2 nitrogen and oxygen atoms in total. The van der Waals surface area contributed by atoms with E-state index in [9.17, 15) is 0 Å². The van der Waals surface area contributed by atoms with Gasteiger partial charge in [-0.15, -0.1) is 0 Å². The third-order valence-electron chi connectivity index (χ3n) is 2.37. The first-order valence-corrected chi connectivity index (χ1v) is 4.76.